The number of nitrogens with zero attached hydrogens (tertiary/aromatic N) is 2. The molecule has 0 spiro atoms. The van der Waals surface area contributed by atoms with Crippen molar-refractivity contribution in [3.63, 3.8) is 0 Å². The Bertz CT molecular complexity index is 694. The van der Waals surface area contributed by atoms with Crippen LogP contribution in [0.1, 0.15) is 44.6 Å². The van der Waals surface area contributed by atoms with Gasteiger partial charge in [-0.15, -0.1) is 0 Å². The molecule has 1 N–H and O–H groups in total. The summed E-state index contributed by atoms with van der Waals surface area (Å²) in [4.78, 5) is 28.7. The molecule has 0 radical (unpaired) electrons. The van der Waals surface area contributed by atoms with Crippen molar-refractivity contribution in [2.24, 2.45) is 5.92 Å². The van der Waals surface area contributed by atoms with Crippen LogP contribution in [0.3, 0.4) is 0 Å². The van der Waals surface area contributed by atoms with E-state index in [1.54, 1.807) is 19.1 Å². The Morgan fingerprint density at radius 3 is 2.89 bits per heavy atom. The third-order valence-electron chi connectivity index (χ3n) is 5.82. The molecule has 2 heterocycles. The predicted molar refractivity (Wildman–Crippen MR) is 104 cm³/mol. The lowest BCUT2D eigenvalue weighted by Gasteiger charge is -2.33. The third kappa shape index (κ3) is 4.86. The first-order valence-corrected chi connectivity index (χ1v) is 10.0. The van der Waals surface area contributed by atoms with E-state index >= 15 is 0 Å². The van der Waals surface area contributed by atoms with Crippen molar-refractivity contribution in [1.82, 2.24) is 10.2 Å². The van der Waals surface area contributed by atoms with Crippen LogP contribution in [0.4, 0.5) is 10.1 Å². The number of nitrogens with one attached hydrogen (secondary N) is 1. The van der Waals surface area contributed by atoms with Crippen molar-refractivity contribution >= 4 is 17.5 Å². The first-order chi connectivity index (χ1) is 13.0. The monoisotopic (exact) mass is 375 g/mol. The Morgan fingerprint density at radius 2 is 2.15 bits per heavy atom. The summed E-state index contributed by atoms with van der Waals surface area (Å²) in [5, 5.41) is 2.97. The van der Waals surface area contributed by atoms with E-state index in [-0.39, 0.29) is 30.0 Å². The highest BCUT2D eigenvalue weighted by Gasteiger charge is 2.35. The van der Waals surface area contributed by atoms with Crippen molar-refractivity contribution in [2.75, 3.05) is 31.1 Å². The zero-order valence-corrected chi connectivity index (χ0v) is 16.3. The zero-order chi connectivity index (χ0) is 19.4. The Hall–Kier alpha value is -1.95. The molecule has 27 heavy (non-hydrogen) atoms. The van der Waals surface area contributed by atoms with Crippen molar-refractivity contribution in [3.05, 3.63) is 29.6 Å². The summed E-state index contributed by atoms with van der Waals surface area (Å²) in [5.41, 5.74) is 1.07. The minimum Gasteiger partial charge on any atom is -0.356 e. The van der Waals surface area contributed by atoms with Crippen LogP contribution in [0.25, 0.3) is 0 Å². The van der Waals surface area contributed by atoms with Gasteiger partial charge in [0.1, 0.15) is 5.82 Å². The van der Waals surface area contributed by atoms with E-state index in [0.29, 0.717) is 30.4 Å². The number of anilines is 1. The van der Waals surface area contributed by atoms with Gasteiger partial charge in [-0.3, -0.25) is 9.59 Å². The van der Waals surface area contributed by atoms with Crippen molar-refractivity contribution in [1.29, 1.82) is 0 Å². The maximum Gasteiger partial charge on any atom is 0.227 e. The average molecular weight is 375 g/mol. The highest BCUT2D eigenvalue weighted by molar-refractivity contribution is 6.00. The van der Waals surface area contributed by atoms with Crippen LogP contribution < -0.4 is 10.2 Å². The number of likely N-dealkylation sites (tertiary alicyclic amines) is 1. The highest BCUT2D eigenvalue weighted by atomic mass is 19.1. The fourth-order valence-corrected chi connectivity index (χ4v) is 4.01. The molecule has 2 aliphatic heterocycles. The normalized spacial score (nSPS) is 23.7. The van der Waals surface area contributed by atoms with Crippen LogP contribution >= 0.6 is 0 Å². The SMILES string of the molecule is Cc1ccc(N2C[C@H](C(=O)NCCCN3CCCC[C@@H]3C)CC2=O)cc1F. The Balaban J connectivity index is 1.45. The number of piperidine rings is 1. The van der Waals surface area contributed by atoms with E-state index in [1.165, 1.54) is 30.2 Å². The molecule has 1 aromatic carbocycles. The second-order valence-electron chi connectivity index (χ2n) is 7.86. The molecule has 1 aromatic rings. The summed E-state index contributed by atoms with van der Waals surface area (Å²) in [6.07, 6.45) is 4.93. The van der Waals surface area contributed by atoms with Gasteiger partial charge < -0.3 is 15.1 Å². The summed E-state index contributed by atoms with van der Waals surface area (Å²) in [6.45, 7) is 7.05. The van der Waals surface area contributed by atoms with Gasteiger partial charge >= 0.3 is 0 Å². The van der Waals surface area contributed by atoms with Crippen LogP contribution in [0.5, 0.6) is 0 Å². The van der Waals surface area contributed by atoms with E-state index in [4.69, 9.17) is 0 Å². The van der Waals surface area contributed by atoms with Gasteiger partial charge in [-0.25, -0.2) is 4.39 Å². The standard InChI is InChI=1S/C21H30FN3O2/c1-15-7-8-18(13-19(15)22)25-14-17(12-20(25)26)21(27)23-9-5-11-24-10-4-3-6-16(24)2/h7-8,13,16-17H,3-6,9-12,14H2,1-2H3,(H,23,27)/t16-,17+/m0/s1. The molecule has 6 heteroatoms. The lowest BCUT2D eigenvalue weighted by molar-refractivity contribution is -0.126. The van der Waals surface area contributed by atoms with E-state index < -0.39 is 0 Å². The zero-order valence-electron chi connectivity index (χ0n) is 16.3. The second-order valence-corrected chi connectivity index (χ2v) is 7.86. The molecular formula is C21H30FN3O2. The number of carbonyl (C=O) groups excluding carboxylic acids is 2. The predicted octanol–water partition coefficient (Wildman–Crippen LogP) is 2.87. The quantitative estimate of drug-likeness (QED) is 0.778. The molecule has 2 atom stereocenters. The maximum absolute atomic E-state index is 13.8. The molecule has 5 nitrogen and oxygen atoms in total. The maximum atomic E-state index is 13.8. The molecule has 2 aliphatic rings. The molecular weight excluding hydrogens is 345 g/mol. The summed E-state index contributed by atoms with van der Waals surface area (Å²) in [6, 6.07) is 5.39. The molecule has 0 saturated carbocycles. The van der Waals surface area contributed by atoms with Crippen LogP contribution in [-0.4, -0.2) is 48.9 Å². The molecule has 0 aromatic heterocycles. The smallest absolute Gasteiger partial charge is 0.227 e. The molecule has 2 saturated heterocycles. The van der Waals surface area contributed by atoms with Gasteiger partial charge in [0.05, 0.1) is 5.92 Å². The van der Waals surface area contributed by atoms with E-state index in [9.17, 15) is 14.0 Å². The number of amides is 2. The van der Waals surface area contributed by atoms with Gasteiger partial charge in [-0.1, -0.05) is 12.5 Å². The molecule has 2 fully saturated rings. The van der Waals surface area contributed by atoms with Gasteiger partial charge in [0.25, 0.3) is 0 Å². The molecule has 2 amide bonds. The molecule has 148 valence electrons. The van der Waals surface area contributed by atoms with E-state index in [2.05, 4.69) is 17.1 Å². The highest BCUT2D eigenvalue weighted by Crippen LogP contribution is 2.26. The molecule has 0 aliphatic carbocycles. The summed E-state index contributed by atoms with van der Waals surface area (Å²) >= 11 is 0. The van der Waals surface area contributed by atoms with E-state index in [0.717, 1.165) is 19.5 Å². The first-order valence-electron chi connectivity index (χ1n) is 10.0. The summed E-state index contributed by atoms with van der Waals surface area (Å²) < 4.78 is 13.8. The minimum absolute atomic E-state index is 0.0786. The molecule has 0 unspecified atom stereocenters. The van der Waals surface area contributed by atoms with Crippen molar-refractivity contribution in [2.45, 2.75) is 52.0 Å². The van der Waals surface area contributed by atoms with E-state index in [1.807, 2.05) is 0 Å². The van der Waals surface area contributed by atoms with Gasteiger partial charge in [0, 0.05) is 37.8 Å². The number of carbonyl (C=O) groups is 2. The number of hydrogen-bond donors (Lipinski definition) is 1. The Morgan fingerprint density at radius 1 is 1.33 bits per heavy atom. The van der Waals surface area contributed by atoms with Gasteiger partial charge in [-0.05, 0) is 57.4 Å². The lowest BCUT2D eigenvalue weighted by atomic mass is 10.0. The van der Waals surface area contributed by atoms with Crippen LogP contribution in [0.2, 0.25) is 0 Å². The topological polar surface area (TPSA) is 52.7 Å². The van der Waals surface area contributed by atoms with Crippen molar-refractivity contribution in [3.8, 4) is 0 Å². The fraction of sp³-hybridized carbons (Fsp3) is 0.619. The Kier molecular flexibility index (Phi) is 6.47. The van der Waals surface area contributed by atoms with Crippen molar-refractivity contribution < 1.29 is 14.0 Å². The first kappa shape index (κ1) is 19.8. The van der Waals surface area contributed by atoms with Crippen LogP contribution in [0, 0.1) is 18.7 Å². The summed E-state index contributed by atoms with van der Waals surface area (Å²) in [5.74, 6) is -0.901. The van der Waals surface area contributed by atoms with Crippen LogP contribution in [-0.2, 0) is 9.59 Å². The third-order valence-corrected chi connectivity index (χ3v) is 5.82. The fourth-order valence-electron chi connectivity index (χ4n) is 4.01. The Labute approximate surface area is 160 Å². The number of aryl methyl sites for hydroxylation is 1. The number of hydrogen-bond acceptors (Lipinski definition) is 3. The summed E-state index contributed by atoms with van der Waals surface area (Å²) in [7, 11) is 0. The number of halogens is 1. The average Bonchev–Trinajstić information content (AvgIpc) is 3.04. The van der Waals surface area contributed by atoms with Gasteiger partial charge in [0.2, 0.25) is 11.8 Å². The van der Waals surface area contributed by atoms with Gasteiger partial charge in [0.15, 0.2) is 0 Å². The lowest BCUT2D eigenvalue weighted by Crippen LogP contribution is -2.40. The molecule has 0 bridgehead atoms. The van der Waals surface area contributed by atoms with Gasteiger partial charge in [-0.2, -0.15) is 0 Å². The second kappa shape index (κ2) is 8.83. The largest absolute Gasteiger partial charge is 0.356 e. The molecule has 3 rings (SSSR count). The number of rotatable bonds is 6. The van der Waals surface area contributed by atoms with Crippen LogP contribution in [0.15, 0.2) is 18.2 Å². The number of benzene rings is 1. The minimum atomic E-state index is -0.365.